The molecule has 0 bridgehead atoms. The van der Waals surface area contributed by atoms with E-state index in [-0.39, 0.29) is 0 Å². The highest BCUT2D eigenvalue weighted by Crippen LogP contribution is 2.22. The van der Waals surface area contributed by atoms with Crippen LogP contribution in [0.3, 0.4) is 0 Å². The van der Waals surface area contributed by atoms with Crippen molar-refractivity contribution in [2.75, 3.05) is 13.1 Å². The highest BCUT2D eigenvalue weighted by molar-refractivity contribution is 5.47. The largest absolute Gasteiger partial charge is 0.326 e. The standard InChI is InChI=1S/C12H16N4/c13-5-9-1-2-11-7-15-12(16(11)8-9)10-3-4-14-6-10/h1-2,7-8,10,14H,3-6,13H2. The number of imidazole rings is 1. The Bertz CT molecular complexity index is 497. The fourth-order valence-corrected chi connectivity index (χ4v) is 2.35. The van der Waals surface area contributed by atoms with Crippen molar-refractivity contribution < 1.29 is 0 Å². The molecular formula is C12H16N4. The third-order valence-electron chi connectivity index (χ3n) is 3.28. The van der Waals surface area contributed by atoms with E-state index in [0.717, 1.165) is 30.0 Å². The van der Waals surface area contributed by atoms with Crippen molar-refractivity contribution in [1.29, 1.82) is 0 Å². The van der Waals surface area contributed by atoms with Crippen LogP contribution in [0.15, 0.2) is 24.5 Å². The van der Waals surface area contributed by atoms with E-state index in [0.29, 0.717) is 12.5 Å². The number of hydrogen-bond donors (Lipinski definition) is 2. The first-order chi connectivity index (χ1) is 7.88. The fourth-order valence-electron chi connectivity index (χ4n) is 2.35. The molecule has 1 aliphatic rings. The summed E-state index contributed by atoms with van der Waals surface area (Å²) in [7, 11) is 0. The van der Waals surface area contributed by atoms with Gasteiger partial charge in [0.05, 0.1) is 11.7 Å². The molecule has 1 aliphatic heterocycles. The van der Waals surface area contributed by atoms with Crippen molar-refractivity contribution >= 4 is 5.52 Å². The summed E-state index contributed by atoms with van der Waals surface area (Å²) >= 11 is 0. The first kappa shape index (κ1) is 9.81. The smallest absolute Gasteiger partial charge is 0.117 e. The molecule has 0 amide bonds. The Morgan fingerprint density at radius 1 is 1.50 bits per heavy atom. The number of hydrogen-bond acceptors (Lipinski definition) is 3. The molecule has 3 rings (SSSR count). The Morgan fingerprint density at radius 2 is 2.44 bits per heavy atom. The van der Waals surface area contributed by atoms with Crippen LogP contribution in [0.4, 0.5) is 0 Å². The van der Waals surface area contributed by atoms with E-state index in [2.05, 4.69) is 33.0 Å². The summed E-state index contributed by atoms with van der Waals surface area (Å²) in [5.74, 6) is 1.70. The van der Waals surface area contributed by atoms with Crippen LogP contribution in [0.25, 0.3) is 5.52 Å². The Kier molecular flexibility index (Phi) is 2.38. The van der Waals surface area contributed by atoms with Gasteiger partial charge in [0, 0.05) is 25.2 Å². The monoisotopic (exact) mass is 216 g/mol. The van der Waals surface area contributed by atoms with E-state index in [1.165, 1.54) is 6.42 Å². The van der Waals surface area contributed by atoms with Gasteiger partial charge in [0.1, 0.15) is 5.82 Å². The van der Waals surface area contributed by atoms with E-state index >= 15 is 0 Å². The predicted molar refractivity (Wildman–Crippen MR) is 63.3 cm³/mol. The molecular weight excluding hydrogens is 200 g/mol. The van der Waals surface area contributed by atoms with Gasteiger partial charge in [-0.1, -0.05) is 6.07 Å². The van der Waals surface area contributed by atoms with Crippen LogP contribution in [0, 0.1) is 0 Å². The molecule has 4 nitrogen and oxygen atoms in total. The Morgan fingerprint density at radius 3 is 3.19 bits per heavy atom. The molecule has 2 aromatic rings. The number of fused-ring (bicyclic) bond motifs is 1. The molecule has 0 saturated carbocycles. The lowest BCUT2D eigenvalue weighted by atomic mass is 10.1. The molecule has 1 unspecified atom stereocenters. The topological polar surface area (TPSA) is 55.3 Å². The zero-order chi connectivity index (χ0) is 11.0. The van der Waals surface area contributed by atoms with E-state index < -0.39 is 0 Å². The second-order valence-corrected chi connectivity index (χ2v) is 4.34. The first-order valence-electron chi connectivity index (χ1n) is 5.75. The molecule has 3 heterocycles. The molecule has 16 heavy (non-hydrogen) atoms. The third-order valence-corrected chi connectivity index (χ3v) is 3.28. The number of pyridine rings is 1. The quantitative estimate of drug-likeness (QED) is 0.783. The number of nitrogens with zero attached hydrogens (tertiary/aromatic N) is 2. The first-order valence-corrected chi connectivity index (χ1v) is 5.75. The minimum atomic E-state index is 0.538. The molecule has 0 aromatic carbocycles. The van der Waals surface area contributed by atoms with E-state index in [1.807, 2.05) is 6.20 Å². The number of nitrogens with two attached hydrogens (primary N) is 1. The summed E-state index contributed by atoms with van der Waals surface area (Å²) in [5, 5.41) is 3.38. The molecule has 1 saturated heterocycles. The third kappa shape index (κ3) is 1.50. The van der Waals surface area contributed by atoms with Crippen molar-refractivity contribution in [3.63, 3.8) is 0 Å². The van der Waals surface area contributed by atoms with Crippen molar-refractivity contribution in [3.05, 3.63) is 35.9 Å². The molecule has 4 heteroatoms. The fraction of sp³-hybridized carbons (Fsp3) is 0.417. The minimum absolute atomic E-state index is 0.538. The lowest BCUT2D eigenvalue weighted by Gasteiger charge is -2.08. The van der Waals surface area contributed by atoms with Crippen molar-refractivity contribution in [2.24, 2.45) is 5.73 Å². The molecule has 1 atom stereocenters. The van der Waals surface area contributed by atoms with Crippen LogP contribution in [-0.2, 0) is 6.54 Å². The highest BCUT2D eigenvalue weighted by Gasteiger charge is 2.20. The lowest BCUT2D eigenvalue weighted by molar-refractivity contribution is 0.697. The second-order valence-electron chi connectivity index (χ2n) is 4.34. The molecule has 1 fully saturated rings. The van der Waals surface area contributed by atoms with E-state index in [4.69, 9.17) is 5.73 Å². The zero-order valence-electron chi connectivity index (χ0n) is 9.19. The van der Waals surface area contributed by atoms with Gasteiger partial charge in [-0.2, -0.15) is 0 Å². The second kappa shape index (κ2) is 3.88. The van der Waals surface area contributed by atoms with Gasteiger partial charge in [0.2, 0.25) is 0 Å². The zero-order valence-corrected chi connectivity index (χ0v) is 9.19. The maximum atomic E-state index is 5.67. The normalized spacial score (nSPS) is 20.7. The molecule has 3 N–H and O–H groups in total. The Hall–Kier alpha value is -1.39. The summed E-state index contributed by atoms with van der Waals surface area (Å²) in [6.07, 6.45) is 5.22. The van der Waals surface area contributed by atoms with Gasteiger partial charge in [-0.3, -0.25) is 0 Å². The molecule has 0 radical (unpaired) electrons. The van der Waals surface area contributed by atoms with Crippen LogP contribution in [-0.4, -0.2) is 22.5 Å². The lowest BCUT2D eigenvalue weighted by Crippen LogP contribution is -2.10. The predicted octanol–water partition coefficient (Wildman–Crippen LogP) is 0.870. The van der Waals surface area contributed by atoms with Crippen molar-refractivity contribution in [3.8, 4) is 0 Å². The Labute approximate surface area is 94.5 Å². The maximum absolute atomic E-state index is 5.67. The average molecular weight is 216 g/mol. The van der Waals surface area contributed by atoms with Gasteiger partial charge in [0.25, 0.3) is 0 Å². The van der Waals surface area contributed by atoms with E-state index in [1.54, 1.807) is 0 Å². The molecule has 0 spiro atoms. The van der Waals surface area contributed by atoms with Gasteiger partial charge < -0.3 is 15.5 Å². The molecule has 0 aliphatic carbocycles. The molecule has 84 valence electrons. The minimum Gasteiger partial charge on any atom is -0.326 e. The van der Waals surface area contributed by atoms with Crippen LogP contribution >= 0.6 is 0 Å². The average Bonchev–Trinajstić information content (AvgIpc) is 2.96. The van der Waals surface area contributed by atoms with Crippen LogP contribution in [0.1, 0.15) is 23.7 Å². The van der Waals surface area contributed by atoms with Gasteiger partial charge in [-0.25, -0.2) is 4.98 Å². The number of nitrogens with one attached hydrogen (secondary N) is 1. The SMILES string of the molecule is NCc1ccc2cnc(C3CCNC3)n2c1. The number of aromatic nitrogens is 2. The van der Waals surface area contributed by atoms with E-state index in [9.17, 15) is 0 Å². The van der Waals surface area contributed by atoms with Crippen LogP contribution in [0.2, 0.25) is 0 Å². The van der Waals surface area contributed by atoms with Crippen molar-refractivity contribution in [1.82, 2.24) is 14.7 Å². The summed E-state index contributed by atoms with van der Waals surface area (Å²) in [5.41, 5.74) is 7.97. The maximum Gasteiger partial charge on any atom is 0.117 e. The summed E-state index contributed by atoms with van der Waals surface area (Å²) in [6.45, 7) is 2.71. The summed E-state index contributed by atoms with van der Waals surface area (Å²) in [4.78, 5) is 4.53. The van der Waals surface area contributed by atoms with Gasteiger partial charge in [-0.15, -0.1) is 0 Å². The van der Waals surface area contributed by atoms with Gasteiger partial charge in [0.15, 0.2) is 0 Å². The van der Waals surface area contributed by atoms with Gasteiger partial charge in [-0.05, 0) is 24.6 Å². The summed E-state index contributed by atoms with van der Waals surface area (Å²) in [6, 6.07) is 4.15. The van der Waals surface area contributed by atoms with Crippen LogP contribution < -0.4 is 11.1 Å². The summed E-state index contributed by atoms with van der Waals surface area (Å²) < 4.78 is 2.18. The van der Waals surface area contributed by atoms with Crippen LogP contribution in [0.5, 0.6) is 0 Å². The highest BCUT2D eigenvalue weighted by atomic mass is 15.0. The molecule has 2 aromatic heterocycles. The Balaban J connectivity index is 2.09. The van der Waals surface area contributed by atoms with Crippen molar-refractivity contribution in [2.45, 2.75) is 18.9 Å². The van der Waals surface area contributed by atoms with Gasteiger partial charge >= 0.3 is 0 Å². The number of rotatable bonds is 2.